The van der Waals surface area contributed by atoms with E-state index in [4.69, 9.17) is 4.98 Å². The van der Waals surface area contributed by atoms with Gasteiger partial charge in [-0.15, -0.1) is 11.7 Å². The van der Waals surface area contributed by atoms with E-state index in [-0.39, 0.29) is 23.7 Å². The summed E-state index contributed by atoms with van der Waals surface area (Å²) in [7, 11) is 2.20. The van der Waals surface area contributed by atoms with E-state index in [2.05, 4.69) is 57.9 Å². The van der Waals surface area contributed by atoms with Crippen LogP contribution < -0.4 is 21.3 Å². The van der Waals surface area contributed by atoms with Gasteiger partial charge in [0.15, 0.2) is 11.5 Å². The fraction of sp³-hybridized carbons (Fsp3) is 0.433. The molecule has 0 aliphatic carbocycles. The molecule has 0 bridgehead atoms. The third kappa shape index (κ3) is 4.84. The lowest BCUT2D eigenvalue weighted by molar-refractivity contribution is 0.00130. The van der Waals surface area contributed by atoms with E-state index in [0.717, 1.165) is 18.8 Å². The Kier molecular flexibility index (Phi) is 6.77. The van der Waals surface area contributed by atoms with Gasteiger partial charge in [-0.1, -0.05) is 6.08 Å². The summed E-state index contributed by atoms with van der Waals surface area (Å²) < 4.78 is 4.51. The largest absolute Gasteiger partial charge is 0.371 e. The Morgan fingerprint density at radius 3 is 2.54 bits per heavy atom. The molecule has 4 aromatic rings. The van der Waals surface area contributed by atoms with Gasteiger partial charge in [0, 0.05) is 49.8 Å². The highest BCUT2D eigenvalue weighted by atomic mass is 16.1. The fourth-order valence-corrected chi connectivity index (χ4v) is 6.36. The molecule has 1 N–H and O–H groups in total. The number of benzene rings is 1. The molecule has 2 fully saturated rings. The van der Waals surface area contributed by atoms with Crippen molar-refractivity contribution in [1.82, 2.24) is 34.0 Å². The zero-order chi connectivity index (χ0) is 28.9. The van der Waals surface area contributed by atoms with Crippen LogP contribution in [-0.4, -0.2) is 67.2 Å². The van der Waals surface area contributed by atoms with Crippen LogP contribution in [0.15, 0.2) is 58.8 Å². The van der Waals surface area contributed by atoms with Crippen LogP contribution in [0.5, 0.6) is 0 Å². The summed E-state index contributed by atoms with van der Waals surface area (Å²) in [5, 5.41) is 8.20. The van der Waals surface area contributed by atoms with Crippen LogP contribution in [0.1, 0.15) is 38.3 Å². The van der Waals surface area contributed by atoms with Crippen LogP contribution >= 0.6 is 0 Å². The van der Waals surface area contributed by atoms with Gasteiger partial charge in [-0.25, -0.2) is 19.0 Å². The smallest absolute Gasteiger partial charge is 0.278 e. The Labute approximate surface area is 238 Å². The zero-order valence-corrected chi connectivity index (χ0v) is 24.2. The number of aromatic nitrogens is 6. The average molecular weight is 556 g/mol. The molecule has 0 atom stereocenters. The van der Waals surface area contributed by atoms with Gasteiger partial charge in [0.1, 0.15) is 5.39 Å². The number of piperidine rings is 1. The second-order valence-corrected chi connectivity index (χ2v) is 11.8. The van der Waals surface area contributed by atoms with Crippen molar-refractivity contribution in [1.29, 1.82) is 0 Å². The normalized spacial score (nSPS) is 16.9. The van der Waals surface area contributed by atoms with Crippen molar-refractivity contribution in [3.05, 3.63) is 75.5 Å². The maximum Gasteiger partial charge on any atom is 0.278 e. The van der Waals surface area contributed by atoms with Crippen molar-refractivity contribution < 1.29 is 0 Å². The minimum absolute atomic E-state index is 0.145. The summed E-state index contributed by atoms with van der Waals surface area (Å²) in [5.74, 6) is 0.773. The topological polar surface area (TPSA) is 106 Å². The Morgan fingerprint density at radius 2 is 1.88 bits per heavy atom. The molecule has 214 valence electrons. The maximum absolute atomic E-state index is 13.3. The maximum atomic E-state index is 13.3. The van der Waals surface area contributed by atoms with Crippen LogP contribution in [0.4, 0.5) is 17.3 Å². The van der Waals surface area contributed by atoms with E-state index in [1.807, 2.05) is 19.9 Å². The van der Waals surface area contributed by atoms with Gasteiger partial charge in [-0.05, 0) is 75.9 Å². The van der Waals surface area contributed by atoms with Gasteiger partial charge >= 0.3 is 0 Å². The Bertz CT molecular complexity index is 1730. The molecule has 5 heterocycles. The lowest BCUT2D eigenvalue weighted by Crippen LogP contribution is -2.58. The predicted octanol–water partition coefficient (Wildman–Crippen LogP) is 3.49. The molecular weight excluding hydrogens is 518 g/mol. The lowest BCUT2D eigenvalue weighted by atomic mass is 9.72. The van der Waals surface area contributed by atoms with Gasteiger partial charge in [-0.2, -0.15) is 4.98 Å². The van der Waals surface area contributed by atoms with Gasteiger partial charge in [0.25, 0.3) is 11.1 Å². The first-order valence-corrected chi connectivity index (χ1v) is 14.2. The molecule has 11 nitrogen and oxygen atoms in total. The molecule has 0 amide bonds. The molecule has 2 aliphatic rings. The number of fused-ring (bicyclic) bond motifs is 1. The van der Waals surface area contributed by atoms with Crippen LogP contribution in [0.3, 0.4) is 0 Å². The number of nitrogens with zero attached hydrogens (tertiary/aromatic N) is 8. The van der Waals surface area contributed by atoms with Crippen LogP contribution in [-0.2, 0) is 6.54 Å². The average Bonchev–Trinajstić information content (AvgIpc) is 3.19. The zero-order valence-electron chi connectivity index (χ0n) is 24.2. The van der Waals surface area contributed by atoms with Crippen LogP contribution in [0, 0.1) is 12.3 Å². The number of nitrogens with one attached hydrogen (secondary N) is 1. The van der Waals surface area contributed by atoms with Crippen LogP contribution in [0.25, 0.3) is 16.9 Å². The minimum atomic E-state index is -0.257. The van der Waals surface area contributed by atoms with Crippen molar-refractivity contribution >= 4 is 28.4 Å². The predicted molar refractivity (Wildman–Crippen MR) is 162 cm³/mol. The number of hydrogen-bond donors (Lipinski definition) is 1. The Morgan fingerprint density at radius 1 is 1.12 bits per heavy atom. The monoisotopic (exact) mass is 555 g/mol. The van der Waals surface area contributed by atoms with Gasteiger partial charge in [0.2, 0.25) is 5.95 Å². The highest BCUT2D eigenvalue weighted by molar-refractivity contribution is 5.77. The number of likely N-dealkylation sites (tertiary alicyclic amines) is 1. The molecule has 1 aromatic carbocycles. The molecule has 41 heavy (non-hydrogen) atoms. The van der Waals surface area contributed by atoms with E-state index in [1.54, 1.807) is 16.8 Å². The SMILES string of the molecule is C=CCn1c(=O)c2cnc(Nc3ccc(N4CCC5(CC4)CN(C)C5)c(C)c3)nc2n1-c1ccc(=O)n(C(C)C)n1. The highest BCUT2D eigenvalue weighted by Crippen LogP contribution is 2.41. The number of hydrogen-bond acceptors (Lipinski definition) is 8. The summed E-state index contributed by atoms with van der Waals surface area (Å²) in [6.07, 6.45) is 5.64. The number of anilines is 3. The molecule has 0 radical (unpaired) electrons. The third-order valence-electron chi connectivity index (χ3n) is 8.32. The molecule has 11 heteroatoms. The Hall–Kier alpha value is -4.25. The molecule has 3 aromatic heterocycles. The van der Waals surface area contributed by atoms with Crippen molar-refractivity contribution in [2.45, 2.75) is 46.2 Å². The lowest BCUT2D eigenvalue weighted by Gasteiger charge is -2.53. The summed E-state index contributed by atoms with van der Waals surface area (Å²) >= 11 is 0. The molecule has 1 spiro atoms. The van der Waals surface area contributed by atoms with Gasteiger partial charge in [-0.3, -0.25) is 9.59 Å². The first-order chi connectivity index (χ1) is 19.7. The fourth-order valence-electron chi connectivity index (χ4n) is 6.36. The van der Waals surface area contributed by atoms with Crippen molar-refractivity contribution in [3.63, 3.8) is 0 Å². The first kappa shape index (κ1) is 26.9. The standard InChI is InChI=1S/C30H37N9O2/c1-6-13-37-28(41)23-17-31-29(33-27(23)39(37)25-9-10-26(40)38(34-25)20(2)3)32-22-7-8-24(21(4)16-22)36-14-11-30(12-15-36)18-35(5)19-30/h6-10,16-17,20H,1,11-15,18-19H2,2-5H3,(H,31,32,33). The van der Waals surface area contributed by atoms with Crippen LogP contribution in [0.2, 0.25) is 0 Å². The minimum Gasteiger partial charge on any atom is -0.371 e. The van der Waals surface area contributed by atoms with E-state index in [1.165, 1.54) is 58.8 Å². The van der Waals surface area contributed by atoms with E-state index in [0.29, 0.717) is 28.2 Å². The summed E-state index contributed by atoms with van der Waals surface area (Å²) in [5.41, 5.74) is 3.76. The summed E-state index contributed by atoms with van der Waals surface area (Å²) in [6.45, 7) is 14.5. The molecule has 0 saturated carbocycles. The van der Waals surface area contributed by atoms with Crippen molar-refractivity contribution in [2.24, 2.45) is 5.41 Å². The molecule has 2 aliphatic heterocycles. The van der Waals surface area contributed by atoms with Gasteiger partial charge < -0.3 is 15.1 Å². The van der Waals surface area contributed by atoms with E-state index >= 15 is 0 Å². The second kappa shape index (κ2) is 10.3. The number of allylic oxidation sites excluding steroid dienone is 1. The number of rotatable bonds is 7. The number of aryl methyl sites for hydroxylation is 1. The van der Waals surface area contributed by atoms with E-state index in [9.17, 15) is 9.59 Å². The molecular formula is C30H37N9O2. The molecule has 0 unspecified atom stereocenters. The highest BCUT2D eigenvalue weighted by Gasteiger charge is 2.43. The third-order valence-corrected chi connectivity index (χ3v) is 8.32. The molecule has 6 rings (SSSR count). The van der Waals surface area contributed by atoms with E-state index < -0.39 is 0 Å². The second-order valence-electron chi connectivity index (χ2n) is 11.8. The summed E-state index contributed by atoms with van der Waals surface area (Å²) in [6, 6.07) is 9.23. The summed E-state index contributed by atoms with van der Waals surface area (Å²) in [4.78, 5) is 39.7. The molecule has 2 saturated heterocycles. The first-order valence-electron chi connectivity index (χ1n) is 14.2. The van der Waals surface area contributed by atoms with Gasteiger partial charge in [0.05, 0.1) is 12.6 Å². The van der Waals surface area contributed by atoms with Crippen molar-refractivity contribution in [3.8, 4) is 5.82 Å². The quantitative estimate of drug-likeness (QED) is 0.346. The Balaban J connectivity index is 1.30. The van der Waals surface area contributed by atoms with Crippen molar-refractivity contribution in [2.75, 3.05) is 43.4 Å².